The Morgan fingerprint density at radius 1 is 1.03 bits per heavy atom. The van der Waals surface area contributed by atoms with Crippen LogP contribution in [0.1, 0.15) is 35.6 Å². The molecule has 0 aliphatic rings. The lowest BCUT2D eigenvalue weighted by atomic mass is 10.1. The predicted octanol–water partition coefficient (Wildman–Crippen LogP) is 7.37. The summed E-state index contributed by atoms with van der Waals surface area (Å²) in [5, 5.41) is 4.23. The molecule has 1 heterocycles. The summed E-state index contributed by atoms with van der Waals surface area (Å²) in [7, 11) is 0. The van der Waals surface area contributed by atoms with Crippen LogP contribution in [0.25, 0.3) is 10.9 Å². The Kier molecular flexibility index (Phi) is 8.01. The molecule has 192 valence electrons. The van der Waals surface area contributed by atoms with Gasteiger partial charge in [0.2, 0.25) is 0 Å². The highest BCUT2D eigenvalue weighted by Gasteiger charge is 2.30. The van der Waals surface area contributed by atoms with Crippen LogP contribution in [0.15, 0.2) is 91.5 Å². The van der Waals surface area contributed by atoms with E-state index in [1.165, 1.54) is 6.07 Å². The van der Waals surface area contributed by atoms with Crippen molar-refractivity contribution in [3.8, 4) is 0 Å². The molecule has 0 amide bonds. The molecule has 0 spiro atoms. The summed E-state index contributed by atoms with van der Waals surface area (Å²) in [6.07, 6.45) is -2.46. The van der Waals surface area contributed by atoms with Crippen molar-refractivity contribution in [1.82, 2.24) is 4.57 Å². The van der Waals surface area contributed by atoms with Crippen LogP contribution in [0.4, 0.5) is 19.0 Å². The van der Waals surface area contributed by atoms with Crippen LogP contribution in [-0.2, 0) is 35.2 Å². The second-order valence-corrected chi connectivity index (χ2v) is 8.97. The number of carbonyl (C=O) groups excluding carboxylic acids is 1. The van der Waals surface area contributed by atoms with Crippen molar-refractivity contribution in [1.29, 1.82) is 0 Å². The smallest absolute Gasteiger partial charge is 0.416 e. The zero-order chi connectivity index (χ0) is 26.4. The minimum absolute atomic E-state index is 0.0225. The number of halogens is 3. The van der Waals surface area contributed by atoms with Gasteiger partial charge in [0.25, 0.3) is 0 Å². The van der Waals surface area contributed by atoms with E-state index < -0.39 is 11.7 Å². The zero-order valence-electron chi connectivity index (χ0n) is 20.6. The van der Waals surface area contributed by atoms with Gasteiger partial charge in [0.15, 0.2) is 0 Å². The van der Waals surface area contributed by atoms with Crippen molar-refractivity contribution in [3.05, 3.63) is 114 Å². The van der Waals surface area contributed by atoms with Crippen LogP contribution in [0.2, 0.25) is 0 Å². The number of hydrogen-bond donors (Lipinski definition) is 1. The molecule has 0 bridgehead atoms. The number of hydrogen-bond acceptors (Lipinski definition) is 3. The summed E-state index contributed by atoms with van der Waals surface area (Å²) < 4.78 is 47.4. The van der Waals surface area contributed by atoms with Crippen molar-refractivity contribution in [3.63, 3.8) is 0 Å². The highest BCUT2D eigenvalue weighted by molar-refractivity contribution is 5.93. The Morgan fingerprint density at radius 2 is 1.73 bits per heavy atom. The van der Waals surface area contributed by atoms with Gasteiger partial charge in [-0.25, -0.2) is 0 Å². The Balaban J connectivity index is 1.73. The van der Waals surface area contributed by atoms with E-state index >= 15 is 0 Å². The molecule has 4 rings (SSSR count). The first-order valence-corrected chi connectivity index (χ1v) is 12.1. The van der Waals surface area contributed by atoms with E-state index in [2.05, 4.69) is 16.5 Å². The van der Waals surface area contributed by atoms with Gasteiger partial charge in [0.1, 0.15) is 11.9 Å². The SMILES string of the molecule is C=CCC(C)OC(=O)Cc1c(NCc2cccc(C(F)(F)F)c2)n(Cc2ccccc2)c2ccccc12. The molecule has 37 heavy (non-hydrogen) atoms. The fourth-order valence-electron chi connectivity index (χ4n) is 4.42. The standard InChI is InChI=1S/C30H29F3N2O2/c1-3-10-21(2)37-28(36)18-26-25-15-7-8-16-27(25)35(20-22-11-5-4-6-12-22)29(26)34-19-23-13-9-14-24(17-23)30(31,32)33/h3-9,11-17,21,34H,1,10,18-20H2,2H3. The molecule has 1 N–H and O–H groups in total. The molecule has 4 aromatic rings. The van der Waals surface area contributed by atoms with Crippen molar-refractivity contribution < 1.29 is 22.7 Å². The number of carbonyl (C=O) groups is 1. The predicted molar refractivity (Wildman–Crippen MR) is 140 cm³/mol. The Hall–Kier alpha value is -4.00. The van der Waals surface area contributed by atoms with Crippen LogP contribution in [0.5, 0.6) is 0 Å². The van der Waals surface area contributed by atoms with E-state index in [0.717, 1.165) is 34.2 Å². The molecule has 1 unspecified atom stereocenters. The number of fused-ring (bicyclic) bond motifs is 1. The van der Waals surface area contributed by atoms with Gasteiger partial charge < -0.3 is 14.6 Å². The normalized spacial score (nSPS) is 12.3. The second-order valence-electron chi connectivity index (χ2n) is 8.97. The number of para-hydroxylation sites is 1. The zero-order valence-corrected chi connectivity index (χ0v) is 20.6. The van der Waals surface area contributed by atoms with Crippen molar-refractivity contribution >= 4 is 22.7 Å². The highest BCUT2D eigenvalue weighted by Crippen LogP contribution is 2.33. The first kappa shape index (κ1) is 26.1. The Morgan fingerprint density at radius 3 is 2.46 bits per heavy atom. The topological polar surface area (TPSA) is 43.3 Å². The fourth-order valence-corrected chi connectivity index (χ4v) is 4.42. The molecule has 0 fully saturated rings. The number of aromatic nitrogens is 1. The van der Waals surface area contributed by atoms with Gasteiger partial charge in [-0.3, -0.25) is 4.79 Å². The lowest BCUT2D eigenvalue weighted by molar-refractivity contribution is -0.147. The molecule has 3 aromatic carbocycles. The molecule has 7 heteroatoms. The summed E-state index contributed by atoms with van der Waals surface area (Å²) in [6.45, 7) is 6.18. The third-order valence-corrected chi connectivity index (χ3v) is 6.13. The van der Waals surface area contributed by atoms with Gasteiger partial charge in [-0.1, -0.05) is 66.7 Å². The first-order valence-electron chi connectivity index (χ1n) is 12.1. The summed E-state index contributed by atoms with van der Waals surface area (Å²) in [5.74, 6) is 0.301. The van der Waals surface area contributed by atoms with E-state index in [9.17, 15) is 18.0 Å². The molecule has 1 atom stereocenters. The average Bonchev–Trinajstić information content (AvgIpc) is 3.15. The number of nitrogens with one attached hydrogen (secondary N) is 1. The van der Waals surface area contributed by atoms with Gasteiger partial charge in [-0.2, -0.15) is 13.2 Å². The van der Waals surface area contributed by atoms with E-state index in [0.29, 0.717) is 24.3 Å². The lowest BCUT2D eigenvalue weighted by Gasteiger charge is -2.16. The van der Waals surface area contributed by atoms with Crippen LogP contribution >= 0.6 is 0 Å². The average molecular weight is 507 g/mol. The number of rotatable bonds is 10. The lowest BCUT2D eigenvalue weighted by Crippen LogP contribution is -2.17. The maximum atomic E-state index is 13.3. The van der Waals surface area contributed by atoms with Crippen LogP contribution in [-0.4, -0.2) is 16.6 Å². The maximum Gasteiger partial charge on any atom is 0.416 e. The van der Waals surface area contributed by atoms with E-state index in [4.69, 9.17) is 4.74 Å². The van der Waals surface area contributed by atoms with Crippen molar-refractivity contribution in [2.75, 3.05) is 5.32 Å². The molecule has 0 aliphatic heterocycles. The highest BCUT2D eigenvalue weighted by atomic mass is 19.4. The molecule has 0 aliphatic carbocycles. The van der Waals surface area contributed by atoms with E-state index in [1.807, 2.05) is 61.5 Å². The number of alkyl halides is 3. The molecule has 0 saturated carbocycles. The molecular formula is C30H29F3N2O2. The van der Waals surface area contributed by atoms with Gasteiger partial charge in [-0.05, 0) is 36.2 Å². The summed E-state index contributed by atoms with van der Waals surface area (Å²) in [6, 6.07) is 22.9. The summed E-state index contributed by atoms with van der Waals surface area (Å²) in [5.41, 5.74) is 2.50. The third kappa shape index (κ3) is 6.42. The molecule has 1 aromatic heterocycles. The molecule has 4 nitrogen and oxygen atoms in total. The summed E-state index contributed by atoms with van der Waals surface area (Å²) in [4.78, 5) is 12.9. The number of ether oxygens (including phenoxy) is 1. The molecule has 0 saturated heterocycles. The Bertz CT molecular complexity index is 1380. The summed E-state index contributed by atoms with van der Waals surface area (Å²) >= 11 is 0. The van der Waals surface area contributed by atoms with Gasteiger partial charge in [0.05, 0.1) is 17.5 Å². The van der Waals surface area contributed by atoms with Crippen LogP contribution in [0, 0.1) is 0 Å². The number of anilines is 1. The Labute approximate surface area is 214 Å². The van der Waals surface area contributed by atoms with Crippen LogP contribution < -0.4 is 5.32 Å². The van der Waals surface area contributed by atoms with E-state index in [1.54, 1.807) is 12.1 Å². The minimum Gasteiger partial charge on any atom is -0.462 e. The first-order chi connectivity index (χ1) is 17.8. The van der Waals surface area contributed by atoms with Gasteiger partial charge in [-0.15, -0.1) is 6.58 Å². The minimum atomic E-state index is -4.42. The third-order valence-electron chi connectivity index (χ3n) is 6.13. The molecular weight excluding hydrogens is 477 g/mol. The number of benzene rings is 3. The van der Waals surface area contributed by atoms with E-state index in [-0.39, 0.29) is 25.0 Å². The van der Waals surface area contributed by atoms with Crippen LogP contribution in [0.3, 0.4) is 0 Å². The van der Waals surface area contributed by atoms with Crippen molar-refractivity contribution in [2.24, 2.45) is 0 Å². The number of esters is 1. The van der Waals surface area contributed by atoms with Crippen molar-refractivity contribution in [2.45, 2.75) is 45.1 Å². The quantitative estimate of drug-likeness (QED) is 0.180. The second kappa shape index (κ2) is 11.4. The number of nitrogens with zero attached hydrogens (tertiary/aromatic N) is 1. The van der Waals surface area contributed by atoms with Gasteiger partial charge >= 0.3 is 12.1 Å². The fraction of sp³-hybridized carbons (Fsp3) is 0.233. The maximum absolute atomic E-state index is 13.3. The van der Waals surface area contributed by atoms with Gasteiger partial charge in [0, 0.05) is 30.5 Å². The largest absolute Gasteiger partial charge is 0.462 e. The molecule has 0 radical (unpaired) electrons. The monoisotopic (exact) mass is 506 g/mol.